The van der Waals surface area contributed by atoms with Gasteiger partial charge in [-0.05, 0) is 54.4 Å². The second kappa shape index (κ2) is 9.45. The molecular formula is C23H20FN3O2S2. The molecule has 2 aromatic carbocycles. The monoisotopic (exact) mass is 453 g/mol. The highest BCUT2D eigenvalue weighted by atomic mass is 32.2. The van der Waals surface area contributed by atoms with Crippen molar-refractivity contribution < 1.29 is 13.9 Å². The van der Waals surface area contributed by atoms with E-state index in [4.69, 9.17) is 9.72 Å². The number of aromatic nitrogens is 2. The van der Waals surface area contributed by atoms with Crippen LogP contribution in [0.15, 0.2) is 65.8 Å². The second-order valence-corrected chi connectivity index (χ2v) is 8.87. The van der Waals surface area contributed by atoms with E-state index in [1.807, 2.05) is 31.2 Å². The lowest BCUT2D eigenvalue weighted by Crippen LogP contribution is -2.31. The normalized spacial score (nSPS) is 10.9. The largest absolute Gasteiger partial charge is 0.494 e. The Kier molecular flexibility index (Phi) is 6.48. The molecule has 0 radical (unpaired) electrons. The van der Waals surface area contributed by atoms with E-state index in [0.29, 0.717) is 17.4 Å². The van der Waals surface area contributed by atoms with Crippen LogP contribution < -0.4 is 9.64 Å². The summed E-state index contributed by atoms with van der Waals surface area (Å²) in [5, 5.41) is 0.608. The topological polar surface area (TPSA) is 55.3 Å². The molecule has 0 bridgehead atoms. The van der Waals surface area contributed by atoms with Gasteiger partial charge in [0.05, 0.1) is 24.1 Å². The summed E-state index contributed by atoms with van der Waals surface area (Å²) in [4.78, 5) is 24.7. The van der Waals surface area contributed by atoms with Crippen molar-refractivity contribution in [2.75, 3.05) is 17.8 Å². The molecule has 0 aliphatic heterocycles. The Hall–Kier alpha value is -2.97. The van der Waals surface area contributed by atoms with Crippen LogP contribution in [0.5, 0.6) is 5.75 Å². The molecular weight excluding hydrogens is 433 g/mol. The van der Waals surface area contributed by atoms with Crippen molar-refractivity contribution in [1.82, 2.24) is 9.97 Å². The molecule has 0 spiro atoms. The van der Waals surface area contributed by atoms with E-state index in [1.165, 1.54) is 35.2 Å². The highest BCUT2D eigenvalue weighted by Gasteiger charge is 2.22. The number of rotatable bonds is 7. The van der Waals surface area contributed by atoms with E-state index in [9.17, 15) is 9.18 Å². The first kappa shape index (κ1) is 21.3. The molecule has 1 amide bonds. The summed E-state index contributed by atoms with van der Waals surface area (Å²) in [5.74, 6) is 0.497. The summed E-state index contributed by atoms with van der Waals surface area (Å²) in [6.07, 6.45) is 3.44. The van der Waals surface area contributed by atoms with Crippen LogP contribution in [0.4, 0.5) is 9.52 Å². The average molecular weight is 454 g/mol. The number of halogens is 1. The molecule has 0 N–H and O–H groups in total. The molecule has 0 fully saturated rings. The molecule has 4 aromatic rings. The summed E-state index contributed by atoms with van der Waals surface area (Å²) >= 11 is 2.83. The zero-order valence-corrected chi connectivity index (χ0v) is 18.7. The number of carbonyl (C=O) groups is 1. The van der Waals surface area contributed by atoms with E-state index in [-0.39, 0.29) is 17.5 Å². The summed E-state index contributed by atoms with van der Waals surface area (Å²) in [7, 11) is 1.61. The van der Waals surface area contributed by atoms with E-state index in [1.54, 1.807) is 36.5 Å². The molecule has 0 aliphatic carbocycles. The molecule has 4 rings (SSSR count). The van der Waals surface area contributed by atoms with Gasteiger partial charge in [0.15, 0.2) is 5.13 Å². The fourth-order valence-electron chi connectivity index (χ4n) is 3.07. The number of methoxy groups -OCH3 is 1. The Balaban J connectivity index is 1.65. The molecule has 2 aromatic heterocycles. The fourth-order valence-corrected chi connectivity index (χ4v) is 4.91. The van der Waals surface area contributed by atoms with Crippen LogP contribution in [0.2, 0.25) is 0 Å². The zero-order chi connectivity index (χ0) is 21.8. The van der Waals surface area contributed by atoms with Crippen LogP contribution >= 0.6 is 23.1 Å². The van der Waals surface area contributed by atoms with Gasteiger partial charge < -0.3 is 4.74 Å². The maximum atomic E-state index is 13.3. The number of fused-ring (bicyclic) bond motifs is 1. The standard InChI is InChI=1S/C23H20FN3O2S2/c1-15-5-10-19(29-2)21-22(15)31-23(26-21)27(13-16-4-3-11-25-12-16)20(28)14-30-18-8-6-17(24)7-9-18/h3-12H,13-14H2,1-2H3. The van der Waals surface area contributed by atoms with Crippen LogP contribution in [0, 0.1) is 12.7 Å². The number of thioether (sulfide) groups is 1. The van der Waals surface area contributed by atoms with Gasteiger partial charge in [0.25, 0.3) is 0 Å². The Morgan fingerprint density at radius 1 is 1.19 bits per heavy atom. The van der Waals surface area contributed by atoms with E-state index in [0.717, 1.165) is 26.2 Å². The number of hydrogen-bond acceptors (Lipinski definition) is 6. The Labute approximate surface area is 187 Å². The lowest BCUT2D eigenvalue weighted by Gasteiger charge is -2.19. The van der Waals surface area contributed by atoms with Crippen molar-refractivity contribution in [1.29, 1.82) is 0 Å². The zero-order valence-electron chi connectivity index (χ0n) is 17.0. The number of nitrogens with zero attached hydrogens (tertiary/aromatic N) is 3. The first-order valence-electron chi connectivity index (χ1n) is 9.57. The van der Waals surface area contributed by atoms with Gasteiger partial charge in [0.2, 0.25) is 5.91 Å². The molecule has 2 heterocycles. The van der Waals surface area contributed by atoms with Crippen LogP contribution in [-0.4, -0.2) is 28.7 Å². The molecule has 5 nitrogen and oxygen atoms in total. The van der Waals surface area contributed by atoms with Gasteiger partial charge in [-0.1, -0.05) is 23.5 Å². The molecule has 0 saturated heterocycles. The quantitative estimate of drug-likeness (QED) is 0.347. The van der Waals surface area contributed by atoms with Crippen LogP contribution in [0.1, 0.15) is 11.1 Å². The minimum atomic E-state index is -0.298. The fraction of sp³-hybridized carbons (Fsp3) is 0.174. The Morgan fingerprint density at radius 3 is 2.71 bits per heavy atom. The predicted octanol–water partition coefficient (Wildman–Crippen LogP) is 5.47. The van der Waals surface area contributed by atoms with Gasteiger partial charge >= 0.3 is 0 Å². The smallest absolute Gasteiger partial charge is 0.239 e. The minimum Gasteiger partial charge on any atom is -0.494 e. The highest BCUT2D eigenvalue weighted by Crippen LogP contribution is 2.37. The Morgan fingerprint density at radius 2 is 2.00 bits per heavy atom. The van der Waals surface area contributed by atoms with E-state index in [2.05, 4.69) is 4.98 Å². The predicted molar refractivity (Wildman–Crippen MR) is 123 cm³/mol. The van der Waals surface area contributed by atoms with Gasteiger partial charge in [-0.2, -0.15) is 0 Å². The Bertz CT molecular complexity index is 1200. The maximum Gasteiger partial charge on any atom is 0.239 e. The number of amides is 1. The van der Waals surface area contributed by atoms with Crippen LogP contribution in [0.3, 0.4) is 0 Å². The molecule has 8 heteroatoms. The van der Waals surface area contributed by atoms with Crippen molar-refractivity contribution in [2.45, 2.75) is 18.4 Å². The number of aryl methyl sites for hydroxylation is 1. The molecule has 158 valence electrons. The third-order valence-electron chi connectivity index (χ3n) is 4.68. The molecule has 0 aliphatic rings. The summed E-state index contributed by atoms with van der Waals surface area (Å²) in [6.45, 7) is 2.37. The lowest BCUT2D eigenvalue weighted by atomic mass is 10.2. The third kappa shape index (κ3) is 4.86. The van der Waals surface area contributed by atoms with Gasteiger partial charge in [0, 0.05) is 17.3 Å². The number of thiazole rings is 1. The van der Waals surface area contributed by atoms with Crippen molar-refractivity contribution in [3.05, 3.63) is 77.9 Å². The first-order chi connectivity index (χ1) is 15.0. The average Bonchev–Trinajstić information content (AvgIpc) is 3.24. The number of benzene rings is 2. The third-order valence-corrected chi connectivity index (χ3v) is 6.89. The summed E-state index contributed by atoms with van der Waals surface area (Å²) in [6, 6.07) is 13.8. The number of pyridine rings is 1. The second-order valence-electron chi connectivity index (χ2n) is 6.84. The van der Waals surface area contributed by atoms with Crippen molar-refractivity contribution in [2.24, 2.45) is 0 Å². The van der Waals surface area contributed by atoms with Crippen LogP contribution in [0.25, 0.3) is 10.2 Å². The number of ether oxygens (including phenoxy) is 1. The molecule has 0 atom stereocenters. The number of anilines is 1. The van der Waals surface area contributed by atoms with Gasteiger partial charge in [-0.25, -0.2) is 9.37 Å². The van der Waals surface area contributed by atoms with Crippen molar-refractivity contribution in [3.63, 3.8) is 0 Å². The lowest BCUT2D eigenvalue weighted by molar-refractivity contribution is -0.116. The van der Waals surface area contributed by atoms with E-state index >= 15 is 0 Å². The van der Waals surface area contributed by atoms with Crippen molar-refractivity contribution in [3.8, 4) is 5.75 Å². The van der Waals surface area contributed by atoms with E-state index < -0.39 is 0 Å². The van der Waals surface area contributed by atoms with Gasteiger partial charge in [-0.15, -0.1) is 11.8 Å². The van der Waals surface area contributed by atoms with Gasteiger partial charge in [-0.3, -0.25) is 14.7 Å². The number of hydrogen-bond donors (Lipinski definition) is 0. The summed E-state index contributed by atoms with van der Waals surface area (Å²) < 4.78 is 19.6. The number of carbonyl (C=O) groups excluding carboxylic acids is 1. The van der Waals surface area contributed by atoms with Crippen LogP contribution in [-0.2, 0) is 11.3 Å². The minimum absolute atomic E-state index is 0.0890. The molecule has 0 saturated carbocycles. The molecule has 31 heavy (non-hydrogen) atoms. The molecule has 0 unspecified atom stereocenters. The van der Waals surface area contributed by atoms with Crippen molar-refractivity contribution >= 4 is 44.4 Å². The van der Waals surface area contributed by atoms with Gasteiger partial charge in [0.1, 0.15) is 17.1 Å². The summed E-state index contributed by atoms with van der Waals surface area (Å²) in [5.41, 5.74) is 2.73. The highest BCUT2D eigenvalue weighted by molar-refractivity contribution is 8.00. The maximum absolute atomic E-state index is 13.3. The first-order valence-corrected chi connectivity index (χ1v) is 11.4. The SMILES string of the molecule is COc1ccc(C)c2sc(N(Cc3cccnc3)C(=O)CSc3ccc(F)cc3)nc12.